The Bertz CT molecular complexity index is 1040. The van der Waals surface area contributed by atoms with Crippen LogP contribution in [0.1, 0.15) is 23.2 Å². The zero-order chi connectivity index (χ0) is 17.9. The lowest BCUT2D eigenvalue weighted by molar-refractivity contribution is 0.100. The van der Waals surface area contributed by atoms with Crippen molar-refractivity contribution in [2.75, 3.05) is 31.1 Å². The van der Waals surface area contributed by atoms with Crippen LogP contribution in [0.4, 0.5) is 10.1 Å². The zero-order valence-electron chi connectivity index (χ0n) is 14.4. The fraction of sp³-hybridized carbons (Fsp3) is 0.350. The molecule has 4 N–H and O–H groups in total. The Morgan fingerprint density at radius 3 is 2.88 bits per heavy atom. The minimum atomic E-state index is -0.620. The summed E-state index contributed by atoms with van der Waals surface area (Å²) in [6.45, 7) is 3.67. The second-order valence-corrected chi connectivity index (χ2v) is 7.64. The maximum atomic E-state index is 15.2. The molecule has 3 heterocycles. The molecule has 0 saturated carbocycles. The van der Waals surface area contributed by atoms with Crippen molar-refractivity contribution in [1.29, 1.82) is 0 Å². The number of hydrogen-bond acceptors (Lipinski definition) is 3. The maximum Gasteiger partial charge on any atom is 0.250 e. The summed E-state index contributed by atoms with van der Waals surface area (Å²) in [6, 6.07) is 9.04. The van der Waals surface area contributed by atoms with E-state index in [1.165, 1.54) is 6.07 Å². The van der Waals surface area contributed by atoms with Gasteiger partial charge in [-0.2, -0.15) is 0 Å². The highest BCUT2D eigenvalue weighted by Crippen LogP contribution is 2.43. The molecule has 2 aromatic carbocycles. The van der Waals surface area contributed by atoms with Gasteiger partial charge in [-0.15, -0.1) is 0 Å². The number of aromatic amines is 1. The summed E-state index contributed by atoms with van der Waals surface area (Å²) >= 11 is 0. The quantitative estimate of drug-likeness (QED) is 0.664. The molecule has 1 aromatic heterocycles. The van der Waals surface area contributed by atoms with E-state index in [2.05, 4.69) is 15.2 Å². The fourth-order valence-corrected chi connectivity index (χ4v) is 4.75. The standard InChI is InChI=1S/C20H21FN4O/c21-14-9-13(19(22)26)17-16(12-3-1-2-4-15(12)24-17)18(14)25-8-6-20(11-25)5-7-23-10-20/h1-4,9,23-24H,5-8,10-11H2,(H2,22,26). The van der Waals surface area contributed by atoms with E-state index >= 15 is 4.39 Å². The number of H-pyrrole nitrogens is 1. The van der Waals surface area contributed by atoms with E-state index in [4.69, 9.17) is 5.73 Å². The second kappa shape index (κ2) is 5.45. The summed E-state index contributed by atoms with van der Waals surface area (Å²) in [7, 11) is 0. The van der Waals surface area contributed by atoms with Gasteiger partial charge in [0.15, 0.2) is 0 Å². The Morgan fingerprint density at radius 1 is 1.27 bits per heavy atom. The average Bonchev–Trinajstić information content (AvgIpc) is 3.34. The molecule has 2 aliphatic heterocycles. The van der Waals surface area contributed by atoms with Crippen LogP contribution in [0.15, 0.2) is 30.3 Å². The number of para-hydroxylation sites is 1. The van der Waals surface area contributed by atoms with Gasteiger partial charge in [0.1, 0.15) is 5.82 Å². The molecule has 0 aliphatic carbocycles. The summed E-state index contributed by atoms with van der Waals surface area (Å²) in [5.74, 6) is -0.996. The molecular formula is C20H21FN4O. The first-order valence-corrected chi connectivity index (χ1v) is 9.06. The number of anilines is 1. The van der Waals surface area contributed by atoms with E-state index in [1.807, 2.05) is 24.3 Å². The van der Waals surface area contributed by atoms with Crippen LogP contribution in [0.5, 0.6) is 0 Å². The molecular weight excluding hydrogens is 331 g/mol. The summed E-state index contributed by atoms with van der Waals surface area (Å²) in [4.78, 5) is 17.3. The molecule has 134 valence electrons. The van der Waals surface area contributed by atoms with E-state index < -0.39 is 5.91 Å². The van der Waals surface area contributed by atoms with Gasteiger partial charge in [-0.1, -0.05) is 18.2 Å². The van der Waals surface area contributed by atoms with Gasteiger partial charge < -0.3 is 20.9 Å². The number of aromatic nitrogens is 1. The van der Waals surface area contributed by atoms with Crippen LogP contribution in [0.25, 0.3) is 21.8 Å². The molecule has 3 aromatic rings. The minimum Gasteiger partial charge on any atom is -0.368 e. The van der Waals surface area contributed by atoms with Crippen molar-refractivity contribution in [3.8, 4) is 0 Å². The molecule has 5 rings (SSSR count). The predicted octanol–water partition coefficient (Wildman–Crippen LogP) is 2.75. The molecule has 1 atom stereocenters. The van der Waals surface area contributed by atoms with Gasteiger partial charge >= 0.3 is 0 Å². The smallest absolute Gasteiger partial charge is 0.250 e. The van der Waals surface area contributed by atoms with Gasteiger partial charge in [0, 0.05) is 41.3 Å². The molecule has 2 saturated heterocycles. The third-order valence-electron chi connectivity index (χ3n) is 6.06. The summed E-state index contributed by atoms with van der Waals surface area (Å²) in [5.41, 5.74) is 8.05. The number of nitrogens with one attached hydrogen (secondary N) is 2. The SMILES string of the molecule is NC(=O)c1cc(F)c(N2CCC3(CCNC3)C2)c2c1[nH]c1ccccc12. The van der Waals surface area contributed by atoms with Crippen LogP contribution in [-0.4, -0.2) is 37.1 Å². The number of rotatable bonds is 2. The summed E-state index contributed by atoms with van der Waals surface area (Å²) < 4.78 is 15.2. The Kier molecular flexibility index (Phi) is 3.28. The van der Waals surface area contributed by atoms with Crippen LogP contribution in [0.2, 0.25) is 0 Å². The van der Waals surface area contributed by atoms with Crippen molar-refractivity contribution in [1.82, 2.24) is 10.3 Å². The number of nitrogens with two attached hydrogens (primary N) is 1. The number of carbonyl (C=O) groups excluding carboxylic acids is 1. The van der Waals surface area contributed by atoms with E-state index in [-0.39, 0.29) is 16.8 Å². The molecule has 1 spiro atoms. The average molecular weight is 352 g/mol. The van der Waals surface area contributed by atoms with E-state index in [0.717, 1.165) is 55.3 Å². The molecule has 0 bridgehead atoms. The first-order valence-electron chi connectivity index (χ1n) is 9.06. The van der Waals surface area contributed by atoms with Crippen LogP contribution >= 0.6 is 0 Å². The largest absolute Gasteiger partial charge is 0.368 e. The van der Waals surface area contributed by atoms with Crippen molar-refractivity contribution >= 4 is 33.4 Å². The van der Waals surface area contributed by atoms with Crippen molar-refractivity contribution < 1.29 is 9.18 Å². The number of fused-ring (bicyclic) bond motifs is 3. The highest BCUT2D eigenvalue weighted by atomic mass is 19.1. The van der Waals surface area contributed by atoms with Crippen LogP contribution in [0.3, 0.4) is 0 Å². The molecule has 1 unspecified atom stereocenters. The first kappa shape index (κ1) is 15.6. The highest BCUT2D eigenvalue weighted by Gasteiger charge is 2.41. The number of hydrogen-bond donors (Lipinski definition) is 3. The van der Waals surface area contributed by atoms with Gasteiger partial charge in [-0.3, -0.25) is 4.79 Å². The predicted molar refractivity (Wildman–Crippen MR) is 101 cm³/mol. The topological polar surface area (TPSA) is 74.2 Å². The van der Waals surface area contributed by atoms with E-state index in [9.17, 15) is 4.79 Å². The fourth-order valence-electron chi connectivity index (χ4n) is 4.75. The second-order valence-electron chi connectivity index (χ2n) is 7.64. The monoisotopic (exact) mass is 352 g/mol. The number of primary amides is 1. The highest BCUT2D eigenvalue weighted by molar-refractivity contribution is 6.19. The number of nitrogens with zero attached hydrogens (tertiary/aromatic N) is 1. The summed E-state index contributed by atoms with van der Waals surface area (Å²) in [5, 5.41) is 5.12. The van der Waals surface area contributed by atoms with Crippen molar-refractivity contribution in [2.45, 2.75) is 12.8 Å². The van der Waals surface area contributed by atoms with Gasteiger partial charge in [-0.25, -0.2) is 4.39 Å². The van der Waals surface area contributed by atoms with Crippen LogP contribution in [0, 0.1) is 11.2 Å². The van der Waals surface area contributed by atoms with Gasteiger partial charge in [0.05, 0.1) is 16.8 Å². The lowest BCUT2D eigenvalue weighted by Crippen LogP contribution is -2.29. The molecule has 26 heavy (non-hydrogen) atoms. The third-order valence-corrected chi connectivity index (χ3v) is 6.06. The lowest BCUT2D eigenvalue weighted by Gasteiger charge is -2.25. The van der Waals surface area contributed by atoms with E-state index in [0.29, 0.717) is 11.2 Å². The van der Waals surface area contributed by atoms with Crippen molar-refractivity contribution in [3.63, 3.8) is 0 Å². The lowest BCUT2D eigenvalue weighted by atomic mass is 9.86. The first-order chi connectivity index (χ1) is 12.6. The Morgan fingerprint density at radius 2 is 2.12 bits per heavy atom. The maximum absolute atomic E-state index is 15.2. The zero-order valence-corrected chi connectivity index (χ0v) is 14.4. The van der Waals surface area contributed by atoms with Crippen molar-refractivity contribution in [3.05, 3.63) is 41.7 Å². The Hall–Kier alpha value is -2.60. The Balaban J connectivity index is 1.76. The number of amides is 1. The Labute approximate surface area is 150 Å². The number of halogens is 1. The summed E-state index contributed by atoms with van der Waals surface area (Å²) in [6.07, 6.45) is 2.18. The number of carbonyl (C=O) groups is 1. The van der Waals surface area contributed by atoms with Gasteiger partial charge in [0.2, 0.25) is 0 Å². The molecule has 0 radical (unpaired) electrons. The van der Waals surface area contributed by atoms with Crippen molar-refractivity contribution in [2.24, 2.45) is 11.1 Å². The van der Waals surface area contributed by atoms with Crippen LogP contribution in [-0.2, 0) is 0 Å². The molecule has 2 aliphatic rings. The molecule has 6 heteroatoms. The van der Waals surface area contributed by atoms with Gasteiger partial charge in [-0.05, 0) is 31.5 Å². The minimum absolute atomic E-state index is 0.203. The molecule has 1 amide bonds. The molecule has 2 fully saturated rings. The van der Waals surface area contributed by atoms with E-state index in [1.54, 1.807) is 0 Å². The normalized spacial score (nSPS) is 22.9. The van der Waals surface area contributed by atoms with Crippen LogP contribution < -0.4 is 16.0 Å². The third kappa shape index (κ3) is 2.15. The number of benzene rings is 2. The van der Waals surface area contributed by atoms with Gasteiger partial charge in [0.25, 0.3) is 5.91 Å². The molecule has 5 nitrogen and oxygen atoms in total.